The van der Waals surface area contributed by atoms with Crippen molar-refractivity contribution in [1.29, 1.82) is 0 Å². The lowest BCUT2D eigenvalue weighted by Gasteiger charge is -2.18. The highest BCUT2D eigenvalue weighted by atomic mass is 16.4. The molecule has 1 aromatic carbocycles. The molecule has 19 heavy (non-hydrogen) atoms. The average molecular weight is 258 g/mol. The number of carbonyl (C=O) groups is 1. The Morgan fingerprint density at radius 1 is 1.26 bits per heavy atom. The van der Waals surface area contributed by atoms with E-state index in [9.17, 15) is 9.90 Å². The molecule has 0 aliphatic rings. The van der Waals surface area contributed by atoms with Crippen molar-refractivity contribution >= 4 is 11.7 Å². The van der Waals surface area contributed by atoms with Crippen LogP contribution in [0.25, 0.3) is 0 Å². The molecule has 98 valence electrons. The topological polar surface area (TPSA) is 82.5 Å². The van der Waals surface area contributed by atoms with Crippen molar-refractivity contribution in [2.24, 2.45) is 0 Å². The number of rotatable bonds is 5. The van der Waals surface area contributed by atoms with Crippen LogP contribution in [0.3, 0.4) is 0 Å². The van der Waals surface area contributed by atoms with Gasteiger partial charge in [0.15, 0.2) is 0 Å². The van der Waals surface area contributed by atoms with E-state index < -0.39 is 5.97 Å². The average Bonchev–Trinajstić information content (AvgIpc) is 2.46. The van der Waals surface area contributed by atoms with Crippen LogP contribution in [0.2, 0.25) is 0 Å². The number of carboxylic acid groups (broad SMARTS) is 1. The summed E-state index contributed by atoms with van der Waals surface area (Å²) in [6, 6.07) is 12.3. The minimum absolute atomic E-state index is 0.0326. The zero-order chi connectivity index (χ0) is 13.7. The van der Waals surface area contributed by atoms with Crippen LogP contribution in [0, 0.1) is 0 Å². The van der Waals surface area contributed by atoms with Crippen LogP contribution in [0.4, 0.5) is 5.69 Å². The molecule has 0 amide bonds. The van der Waals surface area contributed by atoms with E-state index in [2.05, 4.69) is 10.3 Å². The summed E-state index contributed by atoms with van der Waals surface area (Å²) in [6.07, 6.45) is 1.42. The molecule has 1 atom stereocenters. The Labute approximate surface area is 110 Å². The molecule has 0 radical (unpaired) electrons. The van der Waals surface area contributed by atoms with E-state index in [1.807, 2.05) is 30.3 Å². The molecule has 0 bridgehead atoms. The predicted molar refractivity (Wildman–Crippen MR) is 71.1 cm³/mol. The summed E-state index contributed by atoms with van der Waals surface area (Å²) < 4.78 is 0. The first kappa shape index (κ1) is 13.0. The maximum Gasteiger partial charge on any atom is 0.354 e. The largest absolute Gasteiger partial charge is 0.477 e. The first-order valence-electron chi connectivity index (χ1n) is 5.82. The van der Waals surface area contributed by atoms with Crippen molar-refractivity contribution in [2.45, 2.75) is 6.04 Å². The highest BCUT2D eigenvalue weighted by molar-refractivity contribution is 5.86. The molecule has 0 saturated heterocycles. The summed E-state index contributed by atoms with van der Waals surface area (Å²) in [5.41, 5.74) is 1.50. The van der Waals surface area contributed by atoms with Crippen molar-refractivity contribution in [1.82, 2.24) is 4.98 Å². The summed E-state index contributed by atoms with van der Waals surface area (Å²) in [6.45, 7) is -0.0886. The first-order chi connectivity index (χ1) is 9.20. The number of pyridine rings is 1. The molecule has 3 N–H and O–H groups in total. The van der Waals surface area contributed by atoms with E-state index in [0.717, 1.165) is 5.56 Å². The number of aromatic nitrogens is 1. The minimum Gasteiger partial charge on any atom is -0.477 e. The van der Waals surface area contributed by atoms with E-state index in [4.69, 9.17) is 5.11 Å². The van der Waals surface area contributed by atoms with Gasteiger partial charge in [0.1, 0.15) is 5.69 Å². The second kappa shape index (κ2) is 5.97. The number of benzene rings is 1. The lowest BCUT2D eigenvalue weighted by Crippen LogP contribution is -2.15. The number of nitrogens with one attached hydrogen (secondary N) is 1. The Hall–Kier alpha value is -2.40. The first-order valence-corrected chi connectivity index (χ1v) is 5.82. The van der Waals surface area contributed by atoms with Gasteiger partial charge in [-0.25, -0.2) is 9.78 Å². The predicted octanol–water partition coefficient (Wildman–Crippen LogP) is 1.93. The molecule has 1 unspecified atom stereocenters. The normalized spacial score (nSPS) is 11.8. The van der Waals surface area contributed by atoms with Crippen molar-refractivity contribution < 1.29 is 15.0 Å². The fraction of sp³-hybridized carbons (Fsp3) is 0.143. The van der Waals surface area contributed by atoms with Gasteiger partial charge in [-0.1, -0.05) is 30.3 Å². The number of aromatic carboxylic acids is 1. The van der Waals surface area contributed by atoms with Crippen LogP contribution in [-0.4, -0.2) is 27.8 Å². The molecule has 5 nitrogen and oxygen atoms in total. The van der Waals surface area contributed by atoms with Gasteiger partial charge in [-0.15, -0.1) is 0 Å². The van der Waals surface area contributed by atoms with E-state index >= 15 is 0 Å². The number of hydrogen-bond acceptors (Lipinski definition) is 4. The molecule has 0 saturated carbocycles. The van der Waals surface area contributed by atoms with E-state index in [0.29, 0.717) is 5.69 Å². The maximum absolute atomic E-state index is 10.8. The molecule has 0 aliphatic carbocycles. The third kappa shape index (κ3) is 3.29. The molecule has 0 spiro atoms. The SMILES string of the molecule is O=C(O)c1cc(NC(CO)c2ccccc2)ccn1. The second-order valence-corrected chi connectivity index (χ2v) is 4.03. The summed E-state index contributed by atoms with van der Waals surface area (Å²) >= 11 is 0. The Kier molecular flexibility index (Phi) is 4.10. The minimum atomic E-state index is -1.08. The molecular formula is C14H14N2O3. The standard InChI is InChI=1S/C14H14N2O3/c17-9-13(10-4-2-1-3-5-10)16-11-6-7-15-12(8-11)14(18)19/h1-8,13,17H,9H2,(H,15,16)(H,18,19). The van der Waals surface area contributed by atoms with Crippen molar-refractivity contribution in [3.05, 3.63) is 59.9 Å². The monoisotopic (exact) mass is 258 g/mol. The lowest BCUT2D eigenvalue weighted by molar-refractivity contribution is 0.0690. The number of carboxylic acids is 1. The van der Waals surface area contributed by atoms with Crippen LogP contribution in [0.1, 0.15) is 22.1 Å². The third-order valence-corrected chi connectivity index (χ3v) is 2.70. The molecule has 1 aromatic heterocycles. The second-order valence-electron chi connectivity index (χ2n) is 4.03. The molecule has 0 aliphatic heterocycles. The number of aliphatic hydroxyl groups is 1. The van der Waals surface area contributed by atoms with Gasteiger partial charge in [0.05, 0.1) is 12.6 Å². The highest BCUT2D eigenvalue weighted by Crippen LogP contribution is 2.19. The Morgan fingerprint density at radius 3 is 2.63 bits per heavy atom. The molecule has 2 rings (SSSR count). The smallest absolute Gasteiger partial charge is 0.354 e. The van der Waals surface area contributed by atoms with Crippen molar-refractivity contribution in [2.75, 3.05) is 11.9 Å². The van der Waals surface area contributed by atoms with E-state index in [-0.39, 0.29) is 18.3 Å². The highest BCUT2D eigenvalue weighted by Gasteiger charge is 2.11. The van der Waals surface area contributed by atoms with Gasteiger partial charge in [-0.05, 0) is 17.7 Å². The molecule has 0 fully saturated rings. The van der Waals surface area contributed by atoms with Crippen LogP contribution >= 0.6 is 0 Å². The van der Waals surface area contributed by atoms with Crippen LogP contribution in [-0.2, 0) is 0 Å². The summed E-state index contributed by atoms with van der Waals surface area (Å²) in [5.74, 6) is -1.08. The van der Waals surface area contributed by atoms with Gasteiger partial charge in [0, 0.05) is 11.9 Å². The van der Waals surface area contributed by atoms with Crippen LogP contribution in [0.15, 0.2) is 48.7 Å². The number of anilines is 1. The van der Waals surface area contributed by atoms with E-state index in [1.165, 1.54) is 12.3 Å². The molecule has 1 heterocycles. The molecular weight excluding hydrogens is 244 g/mol. The zero-order valence-electron chi connectivity index (χ0n) is 10.2. The van der Waals surface area contributed by atoms with Gasteiger partial charge >= 0.3 is 5.97 Å². The van der Waals surface area contributed by atoms with Gasteiger partial charge in [0.25, 0.3) is 0 Å². The molecule has 5 heteroatoms. The Morgan fingerprint density at radius 2 is 2.00 bits per heavy atom. The maximum atomic E-state index is 10.8. The summed E-state index contributed by atoms with van der Waals surface area (Å²) in [5, 5.41) is 21.4. The summed E-state index contributed by atoms with van der Waals surface area (Å²) in [4.78, 5) is 14.6. The summed E-state index contributed by atoms with van der Waals surface area (Å²) in [7, 11) is 0. The fourth-order valence-electron chi connectivity index (χ4n) is 1.76. The van der Waals surface area contributed by atoms with Crippen LogP contribution in [0.5, 0.6) is 0 Å². The third-order valence-electron chi connectivity index (χ3n) is 2.70. The van der Waals surface area contributed by atoms with Gasteiger partial charge < -0.3 is 15.5 Å². The quantitative estimate of drug-likeness (QED) is 0.763. The van der Waals surface area contributed by atoms with E-state index in [1.54, 1.807) is 6.07 Å². The number of hydrogen-bond donors (Lipinski definition) is 3. The van der Waals surface area contributed by atoms with Gasteiger partial charge in [0.2, 0.25) is 0 Å². The van der Waals surface area contributed by atoms with Crippen molar-refractivity contribution in [3.63, 3.8) is 0 Å². The van der Waals surface area contributed by atoms with Crippen LogP contribution < -0.4 is 5.32 Å². The Bertz CT molecular complexity index is 558. The molecule has 2 aromatic rings. The number of aliphatic hydroxyl groups excluding tert-OH is 1. The zero-order valence-corrected chi connectivity index (χ0v) is 10.2. The number of nitrogens with zero attached hydrogens (tertiary/aromatic N) is 1. The van der Waals surface area contributed by atoms with Gasteiger partial charge in [-0.3, -0.25) is 0 Å². The fourth-order valence-corrected chi connectivity index (χ4v) is 1.76. The van der Waals surface area contributed by atoms with Gasteiger partial charge in [-0.2, -0.15) is 0 Å². The lowest BCUT2D eigenvalue weighted by atomic mass is 10.1. The van der Waals surface area contributed by atoms with Crippen molar-refractivity contribution in [3.8, 4) is 0 Å². The Balaban J connectivity index is 2.19.